The maximum absolute atomic E-state index is 13.2. The molecule has 0 bridgehead atoms. The number of benzene rings is 1. The molecule has 0 aliphatic rings. The summed E-state index contributed by atoms with van der Waals surface area (Å²) < 4.78 is 18.0. The van der Waals surface area contributed by atoms with Crippen LogP contribution in [0.25, 0.3) is 0 Å². The Morgan fingerprint density at radius 3 is 2.81 bits per heavy atom. The standard InChI is InChI=1S/C11H9FN2O2/c1-7-6-10(14-16-7)11(15)13-9-5-3-2-4-8(9)12/h2-6H,1H3,(H,13,15). The number of para-hydroxylation sites is 1. The van der Waals surface area contributed by atoms with E-state index >= 15 is 0 Å². The summed E-state index contributed by atoms with van der Waals surface area (Å²) in [5, 5.41) is 5.94. The van der Waals surface area contributed by atoms with Crippen molar-refractivity contribution < 1.29 is 13.7 Å². The fourth-order valence-electron chi connectivity index (χ4n) is 1.22. The highest BCUT2D eigenvalue weighted by molar-refractivity contribution is 6.02. The molecule has 0 aliphatic heterocycles. The summed E-state index contributed by atoms with van der Waals surface area (Å²) in [7, 11) is 0. The number of aryl methyl sites for hydroxylation is 1. The van der Waals surface area contributed by atoms with Gasteiger partial charge in [-0.05, 0) is 19.1 Å². The number of carbonyl (C=O) groups is 1. The minimum Gasteiger partial charge on any atom is -0.361 e. The number of nitrogens with zero attached hydrogens (tertiary/aromatic N) is 1. The fourth-order valence-corrected chi connectivity index (χ4v) is 1.22. The third-order valence-electron chi connectivity index (χ3n) is 1.98. The van der Waals surface area contributed by atoms with Crippen LogP contribution in [0.5, 0.6) is 0 Å². The number of hydrogen-bond acceptors (Lipinski definition) is 3. The number of rotatable bonds is 2. The molecule has 4 nitrogen and oxygen atoms in total. The van der Waals surface area contributed by atoms with E-state index < -0.39 is 11.7 Å². The van der Waals surface area contributed by atoms with Gasteiger partial charge in [0, 0.05) is 6.07 Å². The van der Waals surface area contributed by atoms with Crippen LogP contribution in [0.15, 0.2) is 34.9 Å². The molecular formula is C11H9FN2O2. The normalized spacial score (nSPS) is 10.1. The predicted molar refractivity (Wildman–Crippen MR) is 55.6 cm³/mol. The monoisotopic (exact) mass is 220 g/mol. The molecule has 16 heavy (non-hydrogen) atoms. The van der Waals surface area contributed by atoms with Crippen molar-refractivity contribution in [3.05, 3.63) is 47.6 Å². The van der Waals surface area contributed by atoms with E-state index in [1.165, 1.54) is 18.2 Å². The van der Waals surface area contributed by atoms with Crippen molar-refractivity contribution in [2.45, 2.75) is 6.92 Å². The van der Waals surface area contributed by atoms with Crippen molar-refractivity contribution in [2.75, 3.05) is 5.32 Å². The number of carbonyl (C=O) groups excluding carboxylic acids is 1. The molecule has 2 aromatic rings. The molecule has 0 saturated carbocycles. The van der Waals surface area contributed by atoms with Crippen LogP contribution in [0.1, 0.15) is 16.2 Å². The first-order valence-electron chi connectivity index (χ1n) is 4.66. The summed E-state index contributed by atoms with van der Waals surface area (Å²) in [6.45, 7) is 1.67. The van der Waals surface area contributed by atoms with Gasteiger partial charge in [0.05, 0.1) is 5.69 Å². The second kappa shape index (κ2) is 4.14. The molecule has 82 valence electrons. The van der Waals surface area contributed by atoms with Crippen LogP contribution < -0.4 is 5.32 Å². The fraction of sp³-hybridized carbons (Fsp3) is 0.0909. The van der Waals surface area contributed by atoms with Gasteiger partial charge in [0.15, 0.2) is 5.69 Å². The molecule has 1 aromatic carbocycles. The molecular weight excluding hydrogens is 211 g/mol. The van der Waals surface area contributed by atoms with E-state index in [4.69, 9.17) is 4.52 Å². The lowest BCUT2D eigenvalue weighted by molar-refractivity contribution is 0.101. The van der Waals surface area contributed by atoms with Gasteiger partial charge in [0.1, 0.15) is 11.6 Å². The summed E-state index contributed by atoms with van der Waals surface area (Å²) in [5.41, 5.74) is 0.244. The molecule has 1 N–H and O–H groups in total. The van der Waals surface area contributed by atoms with E-state index in [0.717, 1.165) is 0 Å². The number of aromatic nitrogens is 1. The van der Waals surface area contributed by atoms with Crippen molar-refractivity contribution in [3.8, 4) is 0 Å². The van der Waals surface area contributed by atoms with E-state index in [0.29, 0.717) is 5.76 Å². The number of amides is 1. The summed E-state index contributed by atoms with van der Waals surface area (Å²) in [6, 6.07) is 7.40. The van der Waals surface area contributed by atoms with Crippen molar-refractivity contribution >= 4 is 11.6 Å². The van der Waals surface area contributed by atoms with E-state index in [2.05, 4.69) is 10.5 Å². The van der Waals surface area contributed by atoms with Crippen LogP contribution in [0.3, 0.4) is 0 Å². The summed E-state index contributed by atoms with van der Waals surface area (Å²) in [6.07, 6.45) is 0. The highest BCUT2D eigenvalue weighted by atomic mass is 19.1. The van der Waals surface area contributed by atoms with Crippen LogP contribution in [0.4, 0.5) is 10.1 Å². The number of nitrogens with one attached hydrogen (secondary N) is 1. The molecule has 5 heteroatoms. The SMILES string of the molecule is Cc1cc(C(=O)Nc2ccccc2F)no1. The smallest absolute Gasteiger partial charge is 0.277 e. The van der Waals surface area contributed by atoms with Gasteiger partial charge in [-0.25, -0.2) is 4.39 Å². The third kappa shape index (κ3) is 2.08. The van der Waals surface area contributed by atoms with Gasteiger partial charge in [0.2, 0.25) is 0 Å². The molecule has 1 heterocycles. The first kappa shape index (κ1) is 10.4. The summed E-state index contributed by atoms with van der Waals surface area (Å²) in [4.78, 5) is 11.6. The Bertz CT molecular complexity index is 522. The predicted octanol–water partition coefficient (Wildman–Crippen LogP) is 2.37. The Balaban J connectivity index is 2.17. The molecule has 0 unspecified atom stereocenters. The van der Waals surface area contributed by atoms with Crippen molar-refractivity contribution in [1.29, 1.82) is 0 Å². The van der Waals surface area contributed by atoms with Gasteiger partial charge in [-0.15, -0.1) is 0 Å². The van der Waals surface area contributed by atoms with Crippen molar-refractivity contribution in [2.24, 2.45) is 0 Å². The van der Waals surface area contributed by atoms with E-state index in [1.807, 2.05) is 0 Å². The van der Waals surface area contributed by atoms with Gasteiger partial charge in [0.25, 0.3) is 5.91 Å². The number of anilines is 1. The Kier molecular flexibility index (Phi) is 2.68. The molecule has 1 amide bonds. The van der Waals surface area contributed by atoms with Crippen LogP contribution in [-0.2, 0) is 0 Å². The molecule has 0 radical (unpaired) electrons. The Morgan fingerprint density at radius 2 is 2.19 bits per heavy atom. The van der Waals surface area contributed by atoms with Crippen LogP contribution in [0, 0.1) is 12.7 Å². The maximum atomic E-state index is 13.2. The Morgan fingerprint density at radius 1 is 1.44 bits per heavy atom. The van der Waals surface area contributed by atoms with Gasteiger partial charge in [-0.2, -0.15) is 0 Å². The first-order chi connectivity index (χ1) is 7.66. The lowest BCUT2D eigenvalue weighted by Gasteiger charge is -2.02. The molecule has 0 fully saturated rings. The highest BCUT2D eigenvalue weighted by Crippen LogP contribution is 2.13. The van der Waals surface area contributed by atoms with Crippen molar-refractivity contribution in [3.63, 3.8) is 0 Å². The lowest BCUT2D eigenvalue weighted by Crippen LogP contribution is -2.13. The minimum absolute atomic E-state index is 0.119. The number of hydrogen-bond donors (Lipinski definition) is 1. The zero-order valence-electron chi connectivity index (χ0n) is 8.53. The quantitative estimate of drug-likeness (QED) is 0.845. The molecule has 0 saturated heterocycles. The van der Waals surface area contributed by atoms with Crippen LogP contribution in [0.2, 0.25) is 0 Å². The summed E-state index contributed by atoms with van der Waals surface area (Å²) in [5.74, 6) is -0.461. The Hall–Kier alpha value is -2.17. The van der Waals surface area contributed by atoms with Gasteiger partial charge in [-0.3, -0.25) is 4.79 Å². The van der Waals surface area contributed by atoms with Gasteiger partial charge in [-0.1, -0.05) is 17.3 Å². The number of halogens is 1. The van der Waals surface area contributed by atoms with E-state index in [1.54, 1.807) is 19.1 Å². The summed E-state index contributed by atoms with van der Waals surface area (Å²) >= 11 is 0. The largest absolute Gasteiger partial charge is 0.361 e. The second-order valence-electron chi connectivity index (χ2n) is 3.26. The minimum atomic E-state index is -0.498. The van der Waals surface area contributed by atoms with E-state index in [-0.39, 0.29) is 11.4 Å². The average molecular weight is 220 g/mol. The first-order valence-corrected chi connectivity index (χ1v) is 4.66. The third-order valence-corrected chi connectivity index (χ3v) is 1.98. The zero-order valence-corrected chi connectivity index (χ0v) is 8.53. The zero-order chi connectivity index (χ0) is 11.5. The van der Waals surface area contributed by atoms with Gasteiger partial charge < -0.3 is 9.84 Å². The average Bonchev–Trinajstić information content (AvgIpc) is 2.68. The van der Waals surface area contributed by atoms with Crippen molar-refractivity contribution in [1.82, 2.24) is 5.16 Å². The maximum Gasteiger partial charge on any atom is 0.277 e. The molecule has 0 atom stereocenters. The van der Waals surface area contributed by atoms with Crippen LogP contribution >= 0.6 is 0 Å². The highest BCUT2D eigenvalue weighted by Gasteiger charge is 2.12. The Labute approximate surface area is 91.1 Å². The molecule has 0 aliphatic carbocycles. The molecule has 2 rings (SSSR count). The molecule has 0 spiro atoms. The lowest BCUT2D eigenvalue weighted by atomic mass is 10.3. The second-order valence-corrected chi connectivity index (χ2v) is 3.26. The van der Waals surface area contributed by atoms with Crippen LogP contribution in [-0.4, -0.2) is 11.1 Å². The topological polar surface area (TPSA) is 55.1 Å². The van der Waals surface area contributed by atoms with Gasteiger partial charge >= 0.3 is 0 Å². The molecule has 1 aromatic heterocycles. The van der Waals surface area contributed by atoms with E-state index in [9.17, 15) is 9.18 Å².